The van der Waals surface area contributed by atoms with E-state index in [-0.39, 0.29) is 11.8 Å². The van der Waals surface area contributed by atoms with Crippen LogP contribution in [0.1, 0.15) is 49.4 Å². The van der Waals surface area contributed by atoms with Crippen molar-refractivity contribution in [1.29, 1.82) is 0 Å². The van der Waals surface area contributed by atoms with E-state index in [1.54, 1.807) is 44.2 Å². The highest BCUT2D eigenvalue weighted by molar-refractivity contribution is 5.95. The summed E-state index contributed by atoms with van der Waals surface area (Å²) in [6.07, 6.45) is 8.02. The summed E-state index contributed by atoms with van der Waals surface area (Å²) >= 11 is 0. The first kappa shape index (κ1) is 20.8. The van der Waals surface area contributed by atoms with Crippen molar-refractivity contribution in [2.45, 2.75) is 39.0 Å². The summed E-state index contributed by atoms with van der Waals surface area (Å²) in [5.74, 6) is 0.936. The minimum Gasteiger partial charge on any atom is -0.497 e. The number of amides is 2. The van der Waals surface area contributed by atoms with Gasteiger partial charge in [-0.05, 0) is 44.2 Å². The summed E-state index contributed by atoms with van der Waals surface area (Å²) in [6, 6.07) is 5.04. The Hall–Kier alpha value is -2.50. The maximum absolute atomic E-state index is 12.4. The van der Waals surface area contributed by atoms with E-state index in [1.165, 1.54) is 18.4 Å². The number of carbonyl (C=O) groups excluding carboxylic acids is 2. The van der Waals surface area contributed by atoms with Gasteiger partial charge in [0.25, 0.3) is 5.91 Å². The standard InChI is InChI=1S/C21H30N2O4/c1-16(24)23(11-9-17-7-5-4-6-8-17)12-10-22-21(25)18-13-19(26-2)15-20(14-18)27-3/h7,13-15H,4-6,8-12H2,1-3H3,(H,22,25). The van der Waals surface area contributed by atoms with Crippen molar-refractivity contribution < 1.29 is 19.1 Å². The second kappa shape index (κ2) is 10.6. The second-order valence-electron chi connectivity index (χ2n) is 6.72. The van der Waals surface area contributed by atoms with E-state index in [4.69, 9.17) is 9.47 Å². The Morgan fingerprint density at radius 3 is 2.33 bits per heavy atom. The molecule has 0 radical (unpaired) electrons. The molecule has 0 atom stereocenters. The van der Waals surface area contributed by atoms with Crippen molar-refractivity contribution in [2.75, 3.05) is 33.9 Å². The van der Waals surface area contributed by atoms with Crippen LogP contribution in [0.4, 0.5) is 0 Å². The lowest BCUT2D eigenvalue weighted by molar-refractivity contribution is -0.128. The summed E-state index contributed by atoms with van der Waals surface area (Å²) in [7, 11) is 3.09. The molecule has 0 unspecified atom stereocenters. The predicted molar refractivity (Wildman–Crippen MR) is 105 cm³/mol. The molecule has 0 saturated heterocycles. The molecule has 1 N–H and O–H groups in total. The molecule has 6 nitrogen and oxygen atoms in total. The van der Waals surface area contributed by atoms with Crippen LogP contribution in [0.15, 0.2) is 29.8 Å². The molecule has 148 valence electrons. The van der Waals surface area contributed by atoms with Gasteiger partial charge in [0.2, 0.25) is 5.91 Å². The number of carbonyl (C=O) groups is 2. The van der Waals surface area contributed by atoms with Crippen LogP contribution in [0, 0.1) is 0 Å². The topological polar surface area (TPSA) is 67.9 Å². The molecule has 0 saturated carbocycles. The molecule has 0 spiro atoms. The highest BCUT2D eigenvalue weighted by Crippen LogP contribution is 2.22. The SMILES string of the molecule is COc1cc(OC)cc(C(=O)NCCN(CCC2=CCCCC2)C(C)=O)c1. The van der Waals surface area contributed by atoms with Crippen LogP contribution in [0.5, 0.6) is 11.5 Å². The average molecular weight is 374 g/mol. The number of ether oxygens (including phenoxy) is 2. The number of allylic oxidation sites excluding steroid dienone is 1. The predicted octanol–water partition coefficient (Wildman–Crippen LogP) is 3.17. The summed E-state index contributed by atoms with van der Waals surface area (Å²) in [5, 5.41) is 2.87. The quantitative estimate of drug-likeness (QED) is 0.674. The van der Waals surface area contributed by atoms with Crippen molar-refractivity contribution in [2.24, 2.45) is 0 Å². The van der Waals surface area contributed by atoms with Crippen molar-refractivity contribution in [3.8, 4) is 11.5 Å². The zero-order chi connectivity index (χ0) is 19.6. The fourth-order valence-corrected chi connectivity index (χ4v) is 3.18. The minimum absolute atomic E-state index is 0.0312. The lowest BCUT2D eigenvalue weighted by Gasteiger charge is -2.23. The monoisotopic (exact) mass is 374 g/mol. The third-order valence-corrected chi connectivity index (χ3v) is 4.81. The second-order valence-corrected chi connectivity index (χ2v) is 6.72. The maximum atomic E-state index is 12.4. The Bertz CT molecular complexity index is 663. The number of methoxy groups -OCH3 is 2. The third kappa shape index (κ3) is 6.62. The van der Waals surface area contributed by atoms with Gasteiger partial charge in [-0.15, -0.1) is 0 Å². The van der Waals surface area contributed by atoms with Crippen molar-refractivity contribution in [3.05, 3.63) is 35.4 Å². The van der Waals surface area contributed by atoms with Gasteiger partial charge in [0, 0.05) is 38.2 Å². The highest BCUT2D eigenvalue weighted by atomic mass is 16.5. The number of rotatable bonds is 9. The number of hydrogen-bond donors (Lipinski definition) is 1. The molecule has 1 aromatic carbocycles. The first-order valence-electron chi connectivity index (χ1n) is 9.48. The van der Waals surface area contributed by atoms with Crippen LogP contribution in [0.25, 0.3) is 0 Å². The first-order chi connectivity index (χ1) is 13.0. The molecule has 1 aromatic rings. The summed E-state index contributed by atoms with van der Waals surface area (Å²) in [6.45, 7) is 3.17. The zero-order valence-corrected chi connectivity index (χ0v) is 16.5. The van der Waals surface area contributed by atoms with E-state index in [1.807, 2.05) is 0 Å². The van der Waals surface area contributed by atoms with Crippen molar-refractivity contribution in [1.82, 2.24) is 10.2 Å². The van der Waals surface area contributed by atoms with E-state index >= 15 is 0 Å². The van der Waals surface area contributed by atoms with Crippen molar-refractivity contribution in [3.63, 3.8) is 0 Å². The molecule has 0 aliphatic heterocycles. The smallest absolute Gasteiger partial charge is 0.251 e. The molecule has 2 amide bonds. The summed E-state index contributed by atoms with van der Waals surface area (Å²) in [5.41, 5.74) is 1.91. The number of nitrogens with one attached hydrogen (secondary N) is 1. The largest absolute Gasteiger partial charge is 0.497 e. The Kier molecular flexibility index (Phi) is 8.17. The zero-order valence-electron chi connectivity index (χ0n) is 16.5. The lowest BCUT2D eigenvalue weighted by Crippen LogP contribution is -2.38. The van der Waals surface area contributed by atoms with Gasteiger partial charge in [-0.1, -0.05) is 11.6 Å². The number of nitrogens with zero attached hydrogens (tertiary/aromatic N) is 1. The molecule has 27 heavy (non-hydrogen) atoms. The molecular weight excluding hydrogens is 344 g/mol. The minimum atomic E-state index is -0.217. The van der Waals surface area contributed by atoms with Gasteiger partial charge in [-0.3, -0.25) is 9.59 Å². The van der Waals surface area contributed by atoms with Crippen molar-refractivity contribution >= 4 is 11.8 Å². The number of benzene rings is 1. The van der Waals surface area contributed by atoms with Crippen LogP contribution in [-0.4, -0.2) is 50.6 Å². The molecule has 0 fully saturated rings. The van der Waals surface area contributed by atoms with Crippen LogP contribution in [0.2, 0.25) is 0 Å². The van der Waals surface area contributed by atoms with E-state index in [9.17, 15) is 9.59 Å². The molecule has 6 heteroatoms. The van der Waals surface area contributed by atoms with Crippen LogP contribution < -0.4 is 14.8 Å². The number of hydrogen-bond acceptors (Lipinski definition) is 4. The lowest BCUT2D eigenvalue weighted by atomic mass is 9.97. The molecule has 2 rings (SSSR count). The Morgan fingerprint density at radius 1 is 1.07 bits per heavy atom. The Labute approximate surface area is 161 Å². The highest BCUT2D eigenvalue weighted by Gasteiger charge is 2.13. The maximum Gasteiger partial charge on any atom is 0.251 e. The third-order valence-electron chi connectivity index (χ3n) is 4.81. The van der Waals surface area contributed by atoms with Gasteiger partial charge in [0.1, 0.15) is 11.5 Å². The Balaban J connectivity index is 1.85. The van der Waals surface area contributed by atoms with Gasteiger partial charge < -0.3 is 19.7 Å². The molecule has 1 aliphatic carbocycles. The fourth-order valence-electron chi connectivity index (χ4n) is 3.18. The van der Waals surface area contributed by atoms with Gasteiger partial charge in [0.05, 0.1) is 14.2 Å². The normalized spacial score (nSPS) is 13.5. The fraction of sp³-hybridized carbons (Fsp3) is 0.524. The van der Waals surface area contributed by atoms with Crippen LogP contribution >= 0.6 is 0 Å². The van der Waals surface area contributed by atoms with E-state index in [2.05, 4.69) is 11.4 Å². The van der Waals surface area contributed by atoms with Gasteiger partial charge in [-0.25, -0.2) is 0 Å². The molecular formula is C21H30N2O4. The van der Waals surface area contributed by atoms with Gasteiger partial charge in [-0.2, -0.15) is 0 Å². The molecule has 0 bridgehead atoms. The molecule has 0 heterocycles. The van der Waals surface area contributed by atoms with E-state index in [0.29, 0.717) is 36.7 Å². The Morgan fingerprint density at radius 2 is 1.78 bits per heavy atom. The summed E-state index contributed by atoms with van der Waals surface area (Å²) in [4.78, 5) is 26.1. The molecule has 1 aliphatic rings. The van der Waals surface area contributed by atoms with E-state index < -0.39 is 0 Å². The van der Waals surface area contributed by atoms with Gasteiger partial charge >= 0.3 is 0 Å². The van der Waals surface area contributed by atoms with E-state index in [0.717, 1.165) is 19.3 Å². The average Bonchev–Trinajstić information content (AvgIpc) is 2.70. The first-order valence-corrected chi connectivity index (χ1v) is 9.48. The molecule has 0 aromatic heterocycles. The van der Waals surface area contributed by atoms with Crippen LogP contribution in [0.3, 0.4) is 0 Å². The summed E-state index contributed by atoms with van der Waals surface area (Å²) < 4.78 is 10.4. The van der Waals surface area contributed by atoms with Gasteiger partial charge in [0.15, 0.2) is 0 Å². The van der Waals surface area contributed by atoms with Crippen LogP contribution in [-0.2, 0) is 4.79 Å².